The highest BCUT2D eigenvalue weighted by Gasteiger charge is 2.47. The summed E-state index contributed by atoms with van der Waals surface area (Å²) in [6.07, 6.45) is 1.59. The van der Waals surface area contributed by atoms with E-state index in [1.807, 2.05) is 0 Å². The van der Waals surface area contributed by atoms with E-state index < -0.39 is 17.9 Å². The van der Waals surface area contributed by atoms with Gasteiger partial charge in [0, 0.05) is 0 Å². The maximum atomic E-state index is 12.4. The molecule has 140 valence electrons. The Balaban J connectivity index is 5.73. The van der Waals surface area contributed by atoms with Crippen molar-refractivity contribution in [2.45, 2.75) is 72.9 Å². The molecule has 5 nitrogen and oxygen atoms in total. The summed E-state index contributed by atoms with van der Waals surface area (Å²) in [5, 5.41) is 0. The minimum Gasteiger partial charge on any atom is -0.466 e. The molecule has 3 atom stereocenters. The monoisotopic (exact) mass is 378 g/mol. The number of hydrogen-bond acceptors (Lipinski definition) is 6. The highest BCUT2D eigenvalue weighted by atomic mass is 32.1. The minimum absolute atomic E-state index is 0.106. The highest BCUT2D eigenvalue weighted by Crippen LogP contribution is 2.33. The van der Waals surface area contributed by atoms with Crippen molar-refractivity contribution in [1.29, 1.82) is 0 Å². The first-order valence-corrected chi connectivity index (χ1v) is 9.49. The minimum atomic E-state index is -0.834. The lowest BCUT2D eigenvalue weighted by atomic mass is 10.0. The van der Waals surface area contributed by atoms with Gasteiger partial charge in [0.1, 0.15) is 12.1 Å². The molecule has 0 aromatic carbocycles. The molecule has 0 fully saturated rings. The predicted octanol–water partition coefficient (Wildman–Crippen LogP) is 3.70. The number of esters is 2. The molecule has 0 spiro atoms. The second-order valence-corrected chi connectivity index (χ2v) is 6.98. The van der Waals surface area contributed by atoms with Crippen LogP contribution in [0, 0.1) is 5.92 Å². The Bertz CT molecular complexity index is 432. The first kappa shape index (κ1) is 23.3. The van der Waals surface area contributed by atoms with E-state index in [0.717, 1.165) is 12.8 Å². The van der Waals surface area contributed by atoms with Crippen LogP contribution in [-0.2, 0) is 19.1 Å². The molecule has 0 amide bonds. The summed E-state index contributed by atoms with van der Waals surface area (Å²) in [7, 11) is 0. The van der Waals surface area contributed by atoms with Crippen LogP contribution in [0.5, 0.6) is 0 Å². The Labute approximate surface area is 157 Å². The van der Waals surface area contributed by atoms with Gasteiger partial charge in [0.05, 0.1) is 32.4 Å². The molecule has 0 radical (unpaired) electrons. The van der Waals surface area contributed by atoms with E-state index in [9.17, 15) is 9.59 Å². The fourth-order valence-electron chi connectivity index (χ4n) is 2.58. The fraction of sp³-hybridized carbons (Fsp3) is 0.824. The lowest BCUT2D eigenvalue weighted by Crippen LogP contribution is -2.58. The Morgan fingerprint density at radius 2 is 1.46 bits per heavy atom. The third-order valence-corrected chi connectivity index (χ3v) is 6.15. The van der Waals surface area contributed by atoms with E-state index in [2.05, 4.69) is 27.7 Å². The van der Waals surface area contributed by atoms with Crippen LogP contribution in [0.25, 0.3) is 0 Å². The van der Waals surface area contributed by atoms with Gasteiger partial charge in [-0.25, -0.2) is 3.89 Å². The van der Waals surface area contributed by atoms with Crippen molar-refractivity contribution in [3.8, 4) is 0 Å². The van der Waals surface area contributed by atoms with Crippen LogP contribution in [0.3, 0.4) is 0 Å². The number of carbonyl (C=O) groups excluding carboxylic acids is 2. The zero-order valence-electron chi connectivity index (χ0n) is 15.7. The van der Waals surface area contributed by atoms with Gasteiger partial charge in [-0.2, -0.15) is 0 Å². The van der Waals surface area contributed by atoms with Crippen LogP contribution in [0.2, 0.25) is 0 Å². The molecular weight excluding hydrogens is 346 g/mol. The lowest BCUT2D eigenvalue weighted by Gasteiger charge is -2.43. The lowest BCUT2D eigenvalue weighted by molar-refractivity contribution is -0.752. The van der Waals surface area contributed by atoms with Crippen LogP contribution in [0.4, 0.5) is 0 Å². The van der Waals surface area contributed by atoms with Gasteiger partial charge in [-0.15, -0.1) is 0 Å². The van der Waals surface area contributed by atoms with Crippen molar-refractivity contribution in [2.24, 2.45) is 5.92 Å². The highest BCUT2D eigenvalue weighted by molar-refractivity contribution is 7.82. The van der Waals surface area contributed by atoms with Crippen LogP contribution >= 0.6 is 25.0 Å². The van der Waals surface area contributed by atoms with Crippen molar-refractivity contribution in [3.05, 3.63) is 0 Å². The standard InChI is InChI=1S/C17H32NO4S2/c1-7-12(5)18(24,13(6)8-2)16(23)14(17(20)22-10-4)11-15(19)21-9-3/h12-14,24H,7-11H2,1-6H3/q+1. The summed E-state index contributed by atoms with van der Waals surface area (Å²) in [6, 6.07) is 0.213. The van der Waals surface area contributed by atoms with Gasteiger partial charge in [-0.1, -0.05) is 13.8 Å². The molecule has 0 bridgehead atoms. The second-order valence-electron chi connectivity index (χ2n) is 5.90. The smallest absolute Gasteiger partial charge is 0.320 e. The molecule has 0 aliphatic rings. The van der Waals surface area contributed by atoms with Crippen molar-refractivity contribution < 1.29 is 23.0 Å². The summed E-state index contributed by atoms with van der Waals surface area (Å²) >= 11 is 10.6. The molecule has 0 rings (SSSR count). The van der Waals surface area contributed by atoms with Gasteiger partial charge >= 0.3 is 11.9 Å². The summed E-state index contributed by atoms with van der Waals surface area (Å²) < 4.78 is 10.3. The van der Waals surface area contributed by atoms with Gasteiger partial charge in [0.2, 0.25) is 4.99 Å². The third kappa shape index (κ3) is 5.70. The molecule has 0 heterocycles. The van der Waals surface area contributed by atoms with E-state index in [1.165, 1.54) is 0 Å². The molecular formula is C17H32NO4S2+. The number of carbonyl (C=O) groups is 2. The molecule has 7 heteroatoms. The fourth-order valence-corrected chi connectivity index (χ4v) is 3.58. The summed E-state index contributed by atoms with van der Waals surface area (Å²) in [4.78, 5) is 24.8. The second kappa shape index (κ2) is 11.1. The first-order chi connectivity index (χ1) is 11.2. The zero-order valence-corrected chi connectivity index (χ0v) is 17.4. The number of rotatable bonds is 10. The number of nitrogens with zero attached hydrogens (tertiary/aromatic N) is 1. The van der Waals surface area contributed by atoms with Crippen molar-refractivity contribution in [3.63, 3.8) is 0 Å². The molecule has 24 heavy (non-hydrogen) atoms. The quantitative estimate of drug-likeness (QED) is 0.272. The molecule has 0 aliphatic heterocycles. The Morgan fingerprint density at radius 3 is 1.83 bits per heavy atom. The molecule has 0 aromatic rings. The van der Waals surface area contributed by atoms with E-state index >= 15 is 0 Å². The summed E-state index contributed by atoms with van der Waals surface area (Å²) in [6.45, 7) is 12.2. The molecule has 0 saturated carbocycles. The van der Waals surface area contributed by atoms with Crippen molar-refractivity contribution in [2.75, 3.05) is 13.2 Å². The van der Waals surface area contributed by atoms with E-state index in [1.54, 1.807) is 13.8 Å². The van der Waals surface area contributed by atoms with Gasteiger partial charge in [-0.05, 0) is 52.8 Å². The topological polar surface area (TPSA) is 52.6 Å². The summed E-state index contributed by atoms with van der Waals surface area (Å²) in [5.74, 6) is -1.77. The number of thiol groups is 1. The summed E-state index contributed by atoms with van der Waals surface area (Å²) in [5.41, 5.74) is 0. The molecule has 0 N–H and O–H groups in total. The Morgan fingerprint density at radius 1 is 1.00 bits per heavy atom. The normalized spacial score (nSPS) is 17.3. The van der Waals surface area contributed by atoms with Gasteiger partial charge in [0.15, 0.2) is 5.92 Å². The van der Waals surface area contributed by atoms with E-state index in [4.69, 9.17) is 34.5 Å². The van der Waals surface area contributed by atoms with Gasteiger partial charge in [0.25, 0.3) is 0 Å². The maximum Gasteiger partial charge on any atom is 0.320 e. The van der Waals surface area contributed by atoms with Gasteiger partial charge < -0.3 is 9.47 Å². The average molecular weight is 379 g/mol. The zero-order chi connectivity index (χ0) is 18.9. The molecule has 0 aliphatic carbocycles. The molecule has 3 unspecified atom stereocenters. The van der Waals surface area contributed by atoms with E-state index in [0.29, 0.717) is 4.99 Å². The van der Waals surface area contributed by atoms with Crippen LogP contribution < -0.4 is 0 Å². The van der Waals surface area contributed by atoms with Crippen LogP contribution in [-0.4, -0.2) is 46.1 Å². The van der Waals surface area contributed by atoms with E-state index in [-0.39, 0.29) is 35.6 Å². The first-order valence-electron chi connectivity index (χ1n) is 8.68. The Kier molecular flexibility index (Phi) is 10.7. The van der Waals surface area contributed by atoms with Crippen LogP contribution in [0.15, 0.2) is 0 Å². The predicted molar refractivity (Wildman–Crippen MR) is 103 cm³/mol. The Hall–Kier alpha value is -0.660. The largest absolute Gasteiger partial charge is 0.466 e. The average Bonchev–Trinajstić information content (AvgIpc) is 2.57. The molecule has 0 aromatic heterocycles. The molecule has 0 saturated heterocycles. The number of hydrogen-bond donors (Lipinski definition) is 1. The van der Waals surface area contributed by atoms with Crippen molar-refractivity contribution >= 4 is 42.0 Å². The third-order valence-electron chi connectivity index (χ3n) is 4.42. The number of thiocarbonyl (C=S) groups is 1. The van der Waals surface area contributed by atoms with Crippen LogP contribution in [0.1, 0.15) is 60.8 Å². The van der Waals surface area contributed by atoms with Gasteiger partial charge in [-0.3, -0.25) is 9.59 Å². The number of ether oxygens (including phenoxy) is 2. The SMILES string of the molecule is CCOC(=O)CC(C(=O)OCC)C(=S)[N+](S)(C(C)CC)C(C)CC. The van der Waals surface area contributed by atoms with Crippen molar-refractivity contribution in [1.82, 2.24) is 0 Å². The maximum absolute atomic E-state index is 12.4. The number of quaternary nitrogens is 1.